The van der Waals surface area contributed by atoms with Crippen molar-refractivity contribution in [2.24, 2.45) is 0 Å². The highest BCUT2D eigenvalue weighted by molar-refractivity contribution is 5.80. The van der Waals surface area contributed by atoms with Gasteiger partial charge in [0.15, 0.2) is 0 Å². The Balaban J connectivity index is 1.68. The number of hydrogen-bond donors (Lipinski definition) is 1. The minimum Gasteiger partial charge on any atom is -0.368 e. The van der Waals surface area contributed by atoms with Crippen LogP contribution in [0.4, 0.5) is 14.7 Å². The van der Waals surface area contributed by atoms with Crippen LogP contribution in [0.2, 0.25) is 0 Å². The van der Waals surface area contributed by atoms with Gasteiger partial charge < -0.3 is 10.6 Å². The van der Waals surface area contributed by atoms with Crippen LogP contribution in [0.15, 0.2) is 54.7 Å². The van der Waals surface area contributed by atoms with E-state index in [2.05, 4.69) is 9.97 Å². The molecule has 0 unspecified atom stereocenters. The normalized spacial score (nSPS) is 16.5. The van der Waals surface area contributed by atoms with E-state index in [4.69, 9.17) is 5.73 Å². The van der Waals surface area contributed by atoms with Crippen molar-refractivity contribution in [3.8, 4) is 11.1 Å². The first-order chi connectivity index (χ1) is 14.5. The van der Waals surface area contributed by atoms with Crippen molar-refractivity contribution in [1.82, 2.24) is 14.9 Å². The zero-order valence-electron chi connectivity index (χ0n) is 16.4. The molecule has 0 bridgehead atoms. The molecule has 2 heterocycles. The number of nitrogens with zero attached hydrogens (tertiary/aromatic N) is 3. The Morgan fingerprint density at radius 2 is 1.90 bits per heavy atom. The maximum Gasteiger partial charge on any atom is 0.227 e. The highest BCUT2D eigenvalue weighted by Crippen LogP contribution is 2.36. The van der Waals surface area contributed by atoms with Crippen LogP contribution in [0.3, 0.4) is 0 Å². The van der Waals surface area contributed by atoms with E-state index in [9.17, 15) is 13.6 Å². The molecule has 1 aliphatic heterocycles. The van der Waals surface area contributed by atoms with E-state index in [0.29, 0.717) is 23.4 Å². The molecule has 0 spiro atoms. The van der Waals surface area contributed by atoms with Crippen molar-refractivity contribution in [3.63, 3.8) is 0 Å². The second-order valence-corrected chi connectivity index (χ2v) is 7.44. The molecule has 2 aromatic carbocycles. The molecule has 5 nitrogen and oxygen atoms in total. The summed E-state index contributed by atoms with van der Waals surface area (Å²) >= 11 is 0. The van der Waals surface area contributed by atoms with Gasteiger partial charge in [0.1, 0.15) is 11.6 Å². The lowest BCUT2D eigenvalue weighted by Crippen LogP contribution is -2.40. The number of amides is 1. The summed E-state index contributed by atoms with van der Waals surface area (Å²) in [6.45, 7) is 0.594. The first-order valence-corrected chi connectivity index (χ1v) is 9.93. The van der Waals surface area contributed by atoms with Crippen molar-refractivity contribution in [2.45, 2.75) is 31.7 Å². The van der Waals surface area contributed by atoms with Crippen LogP contribution in [-0.4, -0.2) is 27.3 Å². The highest BCUT2D eigenvalue weighted by Gasteiger charge is 2.31. The Hall–Kier alpha value is -3.35. The molecule has 4 rings (SSSR count). The molecule has 1 atom stereocenters. The smallest absolute Gasteiger partial charge is 0.227 e. The first-order valence-electron chi connectivity index (χ1n) is 9.93. The molecule has 30 heavy (non-hydrogen) atoms. The molecule has 1 amide bonds. The number of aromatic nitrogens is 2. The number of benzene rings is 2. The summed E-state index contributed by atoms with van der Waals surface area (Å²) in [5.41, 5.74) is 8.54. The van der Waals surface area contributed by atoms with Crippen LogP contribution < -0.4 is 5.73 Å². The number of carbonyl (C=O) groups excluding carboxylic acids is 1. The highest BCUT2D eigenvalue weighted by atomic mass is 19.1. The van der Waals surface area contributed by atoms with Gasteiger partial charge in [-0.1, -0.05) is 24.3 Å². The van der Waals surface area contributed by atoms with Crippen LogP contribution in [0.1, 0.15) is 36.6 Å². The van der Waals surface area contributed by atoms with Gasteiger partial charge in [0.05, 0.1) is 18.2 Å². The minimum atomic E-state index is -0.358. The maximum atomic E-state index is 13.8. The lowest BCUT2D eigenvalue weighted by atomic mass is 9.93. The SMILES string of the molecule is Nc1ncc(-c2cccc(F)c2)c([C@H]2CCCCN2C(=O)Cc2ccc(F)cc2)n1. The third-order valence-corrected chi connectivity index (χ3v) is 5.38. The summed E-state index contributed by atoms with van der Waals surface area (Å²) in [5, 5.41) is 0. The second kappa shape index (κ2) is 8.57. The molecular weight excluding hydrogens is 386 g/mol. The van der Waals surface area contributed by atoms with E-state index in [1.807, 2.05) is 0 Å². The molecule has 1 aromatic heterocycles. The molecule has 154 valence electrons. The summed E-state index contributed by atoms with van der Waals surface area (Å²) in [4.78, 5) is 23.5. The molecule has 1 aliphatic rings. The van der Waals surface area contributed by atoms with E-state index >= 15 is 0 Å². The quantitative estimate of drug-likeness (QED) is 0.699. The van der Waals surface area contributed by atoms with Crippen molar-refractivity contribution in [3.05, 3.63) is 77.6 Å². The number of nitrogens with two attached hydrogens (primary N) is 1. The van der Waals surface area contributed by atoms with Crippen molar-refractivity contribution in [2.75, 3.05) is 12.3 Å². The van der Waals surface area contributed by atoms with E-state index in [1.165, 1.54) is 24.3 Å². The van der Waals surface area contributed by atoms with Gasteiger partial charge in [-0.25, -0.2) is 18.7 Å². The Bertz CT molecular complexity index is 1060. The van der Waals surface area contributed by atoms with Gasteiger partial charge in [0, 0.05) is 18.3 Å². The summed E-state index contributed by atoms with van der Waals surface area (Å²) < 4.78 is 27.0. The van der Waals surface area contributed by atoms with Crippen LogP contribution in [0.25, 0.3) is 11.1 Å². The molecular formula is C23H22F2N4O. The Morgan fingerprint density at radius 1 is 1.10 bits per heavy atom. The second-order valence-electron chi connectivity index (χ2n) is 7.44. The van der Waals surface area contributed by atoms with Crippen LogP contribution in [0, 0.1) is 11.6 Å². The molecule has 3 aromatic rings. The fourth-order valence-corrected chi connectivity index (χ4v) is 3.93. The lowest BCUT2D eigenvalue weighted by molar-refractivity contribution is -0.134. The summed E-state index contributed by atoms with van der Waals surface area (Å²) in [6.07, 6.45) is 4.32. The number of piperidine rings is 1. The largest absolute Gasteiger partial charge is 0.368 e. The van der Waals surface area contributed by atoms with E-state index in [-0.39, 0.29) is 36.0 Å². The maximum absolute atomic E-state index is 13.8. The van der Waals surface area contributed by atoms with Crippen molar-refractivity contribution < 1.29 is 13.6 Å². The zero-order chi connectivity index (χ0) is 21.1. The monoisotopic (exact) mass is 408 g/mol. The minimum absolute atomic E-state index is 0.0614. The van der Waals surface area contributed by atoms with Gasteiger partial charge in [-0.2, -0.15) is 0 Å². The summed E-state index contributed by atoms with van der Waals surface area (Å²) in [5.74, 6) is -0.642. The van der Waals surface area contributed by atoms with Gasteiger partial charge in [0.2, 0.25) is 11.9 Å². The summed E-state index contributed by atoms with van der Waals surface area (Å²) in [7, 11) is 0. The standard InChI is InChI=1S/C23H22F2N4O/c24-17-9-7-15(8-10-17)12-21(30)29-11-2-1-6-20(29)22-19(14-27-23(26)28-22)16-4-3-5-18(25)13-16/h3-5,7-10,13-14,20H,1-2,6,11-12H2,(H2,26,27,28)/t20-/m1/s1. The van der Waals surface area contributed by atoms with Gasteiger partial charge in [0.25, 0.3) is 0 Å². The van der Waals surface area contributed by atoms with E-state index in [1.54, 1.807) is 35.4 Å². The topological polar surface area (TPSA) is 72.1 Å². The van der Waals surface area contributed by atoms with Crippen LogP contribution >= 0.6 is 0 Å². The van der Waals surface area contributed by atoms with Crippen LogP contribution in [-0.2, 0) is 11.2 Å². The molecule has 2 N–H and O–H groups in total. The Morgan fingerprint density at radius 3 is 2.67 bits per heavy atom. The number of halogens is 2. The van der Waals surface area contributed by atoms with Crippen LogP contribution in [0.5, 0.6) is 0 Å². The predicted octanol–water partition coefficient (Wildman–Crippen LogP) is 4.30. The Kier molecular flexibility index (Phi) is 5.70. The predicted molar refractivity (Wildman–Crippen MR) is 110 cm³/mol. The number of likely N-dealkylation sites (tertiary alicyclic amines) is 1. The molecule has 0 radical (unpaired) electrons. The number of carbonyl (C=O) groups is 1. The third kappa shape index (κ3) is 4.30. The fourth-order valence-electron chi connectivity index (χ4n) is 3.93. The molecule has 1 saturated heterocycles. The number of hydrogen-bond acceptors (Lipinski definition) is 4. The number of anilines is 1. The fraction of sp³-hybridized carbons (Fsp3) is 0.261. The third-order valence-electron chi connectivity index (χ3n) is 5.38. The average molecular weight is 408 g/mol. The van der Waals surface area contributed by atoms with Gasteiger partial charge in [-0.15, -0.1) is 0 Å². The lowest BCUT2D eigenvalue weighted by Gasteiger charge is -2.36. The molecule has 1 fully saturated rings. The summed E-state index contributed by atoms with van der Waals surface area (Å²) in [6, 6.07) is 11.9. The number of nitrogen functional groups attached to an aromatic ring is 1. The van der Waals surface area contributed by atoms with Crippen molar-refractivity contribution in [1.29, 1.82) is 0 Å². The molecule has 7 heteroatoms. The zero-order valence-corrected chi connectivity index (χ0v) is 16.4. The van der Waals surface area contributed by atoms with Gasteiger partial charge >= 0.3 is 0 Å². The molecule has 0 saturated carbocycles. The van der Waals surface area contributed by atoms with E-state index in [0.717, 1.165) is 24.8 Å². The van der Waals surface area contributed by atoms with Crippen molar-refractivity contribution >= 4 is 11.9 Å². The average Bonchev–Trinajstić information content (AvgIpc) is 2.75. The van der Waals surface area contributed by atoms with Gasteiger partial charge in [-0.05, 0) is 54.7 Å². The number of rotatable bonds is 4. The first kappa shape index (κ1) is 19.9. The van der Waals surface area contributed by atoms with Gasteiger partial charge in [-0.3, -0.25) is 4.79 Å². The Labute approximate surface area is 173 Å². The van der Waals surface area contributed by atoms with E-state index < -0.39 is 0 Å². The molecule has 0 aliphatic carbocycles.